The van der Waals surface area contributed by atoms with Crippen LogP contribution in [-0.2, 0) is 0 Å². The molecule has 0 fully saturated rings. The molecule has 0 spiro atoms. The van der Waals surface area contributed by atoms with Crippen LogP contribution in [0.15, 0.2) is 6.20 Å². The monoisotopic (exact) mass is 151 g/mol. The number of hydrogen-bond donors (Lipinski definition) is 1. The third kappa shape index (κ3) is 2.93. The van der Waals surface area contributed by atoms with E-state index in [1.165, 1.54) is 6.42 Å². The van der Waals surface area contributed by atoms with Gasteiger partial charge in [0.1, 0.15) is 6.20 Å². The van der Waals surface area contributed by atoms with E-state index in [1.807, 2.05) is 0 Å². The zero-order chi connectivity index (χ0) is 7.94. The standard InChI is InChI=1S/C7H11N4/c1-2-3-4-8-7-5-9-11-10-6-7/h5H,2-4H2,1H3,(H,8,11). The molecule has 1 aromatic heterocycles. The second-order valence-corrected chi connectivity index (χ2v) is 2.24. The van der Waals surface area contributed by atoms with Crippen LogP contribution in [0, 0.1) is 6.20 Å². The van der Waals surface area contributed by atoms with Crippen molar-refractivity contribution in [1.82, 2.24) is 15.4 Å². The first-order valence-electron chi connectivity index (χ1n) is 3.73. The first-order chi connectivity index (χ1) is 5.43. The highest BCUT2D eigenvalue weighted by atomic mass is 15.3. The van der Waals surface area contributed by atoms with Gasteiger partial charge in [-0.15, -0.1) is 10.2 Å². The number of rotatable bonds is 4. The summed E-state index contributed by atoms with van der Waals surface area (Å²) in [6.45, 7) is 3.09. The molecule has 0 aliphatic rings. The van der Waals surface area contributed by atoms with Crippen LogP contribution in [0.4, 0.5) is 5.69 Å². The third-order valence-corrected chi connectivity index (χ3v) is 1.30. The van der Waals surface area contributed by atoms with Crippen LogP contribution >= 0.6 is 0 Å². The molecule has 59 valence electrons. The van der Waals surface area contributed by atoms with Gasteiger partial charge in [0, 0.05) is 6.54 Å². The van der Waals surface area contributed by atoms with Gasteiger partial charge in [0.2, 0.25) is 0 Å². The number of unbranched alkanes of at least 4 members (excludes halogenated alkanes) is 1. The average molecular weight is 151 g/mol. The maximum atomic E-state index is 3.61. The van der Waals surface area contributed by atoms with Gasteiger partial charge in [0.25, 0.3) is 0 Å². The molecule has 1 heterocycles. The molecular formula is C7H11N4. The Morgan fingerprint density at radius 3 is 3.18 bits per heavy atom. The minimum atomic E-state index is 0.813. The van der Waals surface area contributed by atoms with Gasteiger partial charge in [-0.05, 0) is 11.6 Å². The van der Waals surface area contributed by atoms with E-state index < -0.39 is 0 Å². The Hall–Kier alpha value is -1.19. The van der Waals surface area contributed by atoms with Gasteiger partial charge in [-0.1, -0.05) is 13.3 Å². The number of nitrogens with one attached hydrogen (secondary N) is 1. The van der Waals surface area contributed by atoms with Crippen molar-refractivity contribution in [2.24, 2.45) is 0 Å². The largest absolute Gasteiger partial charge is 0.382 e. The molecule has 0 aliphatic carbocycles. The summed E-state index contributed by atoms with van der Waals surface area (Å²) in [5, 5.41) is 13.6. The molecule has 1 rings (SSSR count). The van der Waals surface area contributed by atoms with Crippen molar-refractivity contribution >= 4 is 5.69 Å². The highest BCUT2D eigenvalue weighted by molar-refractivity contribution is 5.34. The first-order valence-corrected chi connectivity index (χ1v) is 3.73. The van der Waals surface area contributed by atoms with Gasteiger partial charge in [-0.2, -0.15) is 0 Å². The Bertz CT molecular complexity index is 187. The predicted molar refractivity (Wildman–Crippen MR) is 42.1 cm³/mol. The van der Waals surface area contributed by atoms with Crippen molar-refractivity contribution < 1.29 is 0 Å². The highest BCUT2D eigenvalue weighted by Gasteiger charge is 1.89. The maximum absolute atomic E-state index is 3.61. The summed E-state index contributed by atoms with van der Waals surface area (Å²) in [6.07, 6.45) is 6.63. The molecule has 4 nitrogen and oxygen atoms in total. The van der Waals surface area contributed by atoms with Gasteiger partial charge in [-0.3, -0.25) is 0 Å². The molecule has 0 saturated heterocycles. The predicted octanol–water partition coefficient (Wildman–Crippen LogP) is 0.884. The third-order valence-electron chi connectivity index (χ3n) is 1.30. The van der Waals surface area contributed by atoms with E-state index in [4.69, 9.17) is 0 Å². The van der Waals surface area contributed by atoms with Crippen molar-refractivity contribution in [2.75, 3.05) is 11.9 Å². The summed E-state index contributed by atoms with van der Waals surface area (Å²) >= 11 is 0. The number of hydrogen-bond acceptors (Lipinski definition) is 4. The summed E-state index contributed by atoms with van der Waals surface area (Å²) < 4.78 is 0. The summed E-state index contributed by atoms with van der Waals surface area (Å²) in [5.74, 6) is 0. The lowest BCUT2D eigenvalue weighted by Crippen LogP contribution is -2.02. The van der Waals surface area contributed by atoms with Crippen molar-refractivity contribution in [3.8, 4) is 0 Å². The van der Waals surface area contributed by atoms with Crippen molar-refractivity contribution in [3.05, 3.63) is 12.4 Å². The van der Waals surface area contributed by atoms with Gasteiger partial charge < -0.3 is 5.32 Å². The molecule has 4 heteroatoms. The lowest BCUT2D eigenvalue weighted by atomic mass is 10.3. The molecule has 1 aromatic rings. The average Bonchev–Trinajstić information content (AvgIpc) is 2.07. The fraction of sp³-hybridized carbons (Fsp3) is 0.571. The van der Waals surface area contributed by atoms with Gasteiger partial charge in [-0.25, -0.2) is 0 Å². The summed E-state index contributed by atoms with van der Waals surface area (Å²) in [7, 11) is 0. The Morgan fingerprint density at radius 1 is 1.64 bits per heavy atom. The van der Waals surface area contributed by atoms with Gasteiger partial charge in [0.15, 0.2) is 0 Å². The summed E-state index contributed by atoms with van der Waals surface area (Å²) in [5.41, 5.74) is 0.813. The minimum Gasteiger partial charge on any atom is -0.382 e. The van der Waals surface area contributed by atoms with Crippen molar-refractivity contribution in [3.63, 3.8) is 0 Å². The van der Waals surface area contributed by atoms with Crippen LogP contribution in [0.5, 0.6) is 0 Å². The fourth-order valence-electron chi connectivity index (χ4n) is 0.699. The molecule has 0 bridgehead atoms. The van der Waals surface area contributed by atoms with Gasteiger partial charge >= 0.3 is 0 Å². The Kier molecular flexibility index (Phi) is 3.31. The second kappa shape index (κ2) is 4.60. The normalized spacial score (nSPS) is 9.55. The smallest absolute Gasteiger partial charge is 0.142 e. The number of aromatic nitrogens is 3. The Morgan fingerprint density at radius 2 is 2.55 bits per heavy atom. The minimum absolute atomic E-state index is 0.813. The zero-order valence-corrected chi connectivity index (χ0v) is 6.54. The highest BCUT2D eigenvalue weighted by Crippen LogP contribution is 1.98. The van der Waals surface area contributed by atoms with Crippen LogP contribution in [0.2, 0.25) is 0 Å². The van der Waals surface area contributed by atoms with E-state index in [1.54, 1.807) is 6.20 Å². The van der Waals surface area contributed by atoms with E-state index >= 15 is 0 Å². The molecule has 1 N–H and O–H groups in total. The Balaban J connectivity index is 2.28. The summed E-state index contributed by atoms with van der Waals surface area (Å²) in [6, 6.07) is 0. The molecule has 1 radical (unpaired) electrons. The zero-order valence-electron chi connectivity index (χ0n) is 6.54. The molecule has 0 saturated carbocycles. The summed E-state index contributed by atoms with van der Waals surface area (Å²) in [4.78, 5) is 0. The fourth-order valence-corrected chi connectivity index (χ4v) is 0.699. The SMILES string of the molecule is CCCCNc1[c]nnnc1. The van der Waals surface area contributed by atoms with Crippen LogP contribution in [0.3, 0.4) is 0 Å². The molecule has 0 aromatic carbocycles. The molecule has 11 heavy (non-hydrogen) atoms. The lowest BCUT2D eigenvalue weighted by molar-refractivity contribution is 0.821. The van der Waals surface area contributed by atoms with E-state index in [-0.39, 0.29) is 0 Å². The van der Waals surface area contributed by atoms with E-state index in [9.17, 15) is 0 Å². The van der Waals surface area contributed by atoms with E-state index in [0.717, 1.165) is 18.7 Å². The van der Waals surface area contributed by atoms with E-state index in [0.29, 0.717) is 0 Å². The molecule has 0 aliphatic heterocycles. The van der Waals surface area contributed by atoms with Crippen LogP contribution in [0.25, 0.3) is 0 Å². The topological polar surface area (TPSA) is 50.7 Å². The molecule has 0 unspecified atom stereocenters. The molecule has 0 amide bonds. The van der Waals surface area contributed by atoms with Crippen LogP contribution in [-0.4, -0.2) is 22.0 Å². The quantitative estimate of drug-likeness (QED) is 0.649. The second-order valence-electron chi connectivity index (χ2n) is 2.24. The van der Waals surface area contributed by atoms with Crippen LogP contribution in [0.1, 0.15) is 19.8 Å². The maximum Gasteiger partial charge on any atom is 0.142 e. The van der Waals surface area contributed by atoms with Crippen molar-refractivity contribution in [2.45, 2.75) is 19.8 Å². The lowest BCUT2D eigenvalue weighted by Gasteiger charge is -2.00. The van der Waals surface area contributed by atoms with E-state index in [2.05, 4.69) is 33.8 Å². The van der Waals surface area contributed by atoms with Gasteiger partial charge in [0.05, 0.1) is 11.9 Å². The molecule has 0 atom stereocenters. The van der Waals surface area contributed by atoms with Crippen LogP contribution < -0.4 is 5.32 Å². The first kappa shape index (κ1) is 7.91. The Labute approximate surface area is 66.0 Å². The molecular weight excluding hydrogens is 140 g/mol. The van der Waals surface area contributed by atoms with Crippen molar-refractivity contribution in [1.29, 1.82) is 0 Å². The number of nitrogens with zero attached hydrogens (tertiary/aromatic N) is 3. The number of anilines is 1.